The fraction of sp³-hybridized carbons (Fsp3) is 0.455. The van der Waals surface area contributed by atoms with Gasteiger partial charge >= 0.3 is 0 Å². The quantitative estimate of drug-likeness (QED) is 0.741. The van der Waals surface area contributed by atoms with Crippen molar-refractivity contribution in [1.29, 1.82) is 0 Å². The van der Waals surface area contributed by atoms with Crippen LogP contribution in [0.2, 0.25) is 0 Å². The molecular weight excluding hydrogens is 202 g/mol. The van der Waals surface area contributed by atoms with E-state index in [4.69, 9.17) is 0 Å². The molecule has 0 aliphatic heterocycles. The molecule has 2 aromatic rings. The molecule has 16 heavy (non-hydrogen) atoms. The molecule has 0 amide bonds. The van der Waals surface area contributed by atoms with Crippen molar-refractivity contribution < 1.29 is 0 Å². The highest BCUT2D eigenvalue weighted by Gasteiger charge is 2.07. The lowest BCUT2D eigenvalue weighted by Crippen LogP contribution is -2.08. The third kappa shape index (κ3) is 2.68. The first-order valence-electron chi connectivity index (χ1n) is 5.51. The van der Waals surface area contributed by atoms with E-state index in [9.17, 15) is 0 Å². The molecule has 1 atom stereocenters. The van der Waals surface area contributed by atoms with Crippen molar-refractivity contribution in [3.8, 4) is 0 Å². The van der Waals surface area contributed by atoms with Crippen LogP contribution < -0.4 is 0 Å². The summed E-state index contributed by atoms with van der Waals surface area (Å²) in [6, 6.07) is 0.436. The molecular formula is C11H16N5. The Morgan fingerprint density at radius 2 is 2.19 bits per heavy atom. The van der Waals surface area contributed by atoms with Crippen molar-refractivity contribution in [2.75, 3.05) is 0 Å². The summed E-state index contributed by atoms with van der Waals surface area (Å²) >= 11 is 0. The van der Waals surface area contributed by atoms with Gasteiger partial charge in [-0.25, -0.2) is 4.98 Å². The molecule has 1 radical (unpaired) electrons. The summed E-state index contributed by atoms with van der Waals surface area (Å²) in [5, 5.41) is 7.71. The van der Waals surface area contributed by atoms with Gasteiger partial charge in [-0.2, -0.15) is 0 Å². The molecule has 2 aromatic heterocycles. The maximum atomic E-state index is 4.06. The first kappa shape index (κ1) is 10.9. The first-order valence-corrected chi connectivity index (χ1v) is 5.51. The van der Waals surface area contributed by atoms with E-state index in [0.29, 0.717) is 6.04 Å². The maximum absolute atomic E-state index is 4.06. The molecule has 0 aliphatic carbocycles. The van der Waals surface area contributed by atoms with Gasteiger partial charge in [0.2, 0.25) is 0 Å². The summed E-state index contributed by atoms with van der Waals surface area (Å²) in [5.41, 5.74) is 0. The van der Waals surface area contributed by atoms with E-state index < -0.39 is 0 Å². The zero-order valence-corrected chi connectivity index (χ0v) is 9.24. The van der Waals surface area contributed by atoms with Crippen LogP contribution in [0.4, 0.5) is 0 Å². The van der Waals surface area contributed by atoms with Crippen LogP contribution in [0.3, 0.4) is 0 Å². The molecule has 2 heterocycles. The Hall–Kier alpha value is -1.65. The highest BCUT2D eigenvalue weighted by molar-refractivity contribution is 4.81. The minimum absolute atomic E-state index is 0.436. The van der Waals surface area contributed by atoms with E-state index in [1.165, 1.54) is 0 Å². The summed E-state index contributed by atoms with van der Waals surface area (Å²) in [6.45, 7) is 4.88. The van der Waals surface area contributed by atoms with E-state index in [1.54, 1.807) is 12.4 Å². The van der Waals surface area contributed by atoms with E-state index >= 15 is 0 Å². The standard InChI is InChI=1S/C11H16N5/c1-2-11(15-8-5-12-10-15)4-3-7-16-9-6-13-14-16/h5-6,8-11H,1-4,7H2. The van der Waals surface area contributed by atoms with Crippen LogP contribution in [0.1, 0.15) is 25.3 Å². The second-order valence-corrected chi connectivity index (χ2v) is 3.76. The summed E-state index contributed by atoms with van der Waals surface area (Å²) < 4.78 is 3.97. The SMILES string of the molecule is [CH2]CC(CCCn1ccnn1)n1ccnc1. The molecule has 5 nitrogen and oxygen atoms in total. The number of aryl methyl sites for hydroxylation is 1. The summed E-state index contributed by atoms with van der Waals surface area (Å²) in [5.74, 6) is 0. The molecule has 0 N–H and O–H groups in total. The Bertz CT molecular complexity index is 378. The van der Waals surface area contributed by atoms with Gasteiger partial charge in [-0.3, -0.25) is 4.68 Å². The Kier molecular flexibility index (Phi) is 3.69. The fourth-order valence-electron chi connectivity index (χ4n) is 1.77. The predicted molar refractivity (Wildman–Crippen MR) is 60.5 cm³/mol. The number of nitrogens with zero attached hydrogens (tertiary/aromatic N) is 5. The van der Waals surface area contributed by atoms with Gasteiger partial charge in [0.25, 0.3) is 0 Å². The average molecular weight is 218 g/mol. The van der Waals surface area contributed by atoms with Gasteiger partial charge in [0.1, 0.15) is 0 Å². The van der Waals surface area contributed by atoms with Gasteiger partial charge in [0, 0.05) is 31.2 Å². The average Bonchev–Trinajstić information content (AvgIpc) is 2.96. The van der Waals surface area contributed by atoms with E-state index in [0.717, 1.165) is 25.8 Å². The van der Waals surface area contributed by atoms with Gasteiger partial charge in [0.15, 0.2) is 0 Å². The number of imidazole rings is 1. The molecule has 2 rings (SSSR count). The molecule has 0 saturated heterocycles. The van der Waals surface area contributed by atoms with E-state index in [-0.39, 0.29) is 0 Å². The van der Waals surface area contributed by atoms with E-state index in [2.05, 4.69) is 26.8 Å². The second kappa shape index (κ2) is 5.44. The second-order valence-electron chi connectivity index (χ2n) is 3.76. The van der Waals surface area contributed by atoms with Crippen molar-refractivity contribution in [3.63, 3.8) is 0 Å². The molecule has 0 fully saturated rings. The van der Waals surface area contributed by atoms with Crippen molar-refractivity contribution in [3.05, 3.63) is 38.0 Å². The van der Waals surface area contributed by atoms with Crippen LogP contribution in [0.5, 0.6) is 0 Å². The lowest BCUT2D eigenvalue weighted by atomic mass is 10.1. The predicted octanol–water partition coefficient (Wildman–Crippen LogP) is 1.72. The molecule has 0 spiro atoms. The zero-order valence-electron chi connectivity index (χ0n) is 9.24. The normalized spacial score (nSPS) is 12.8. The third-order valence-electron chi connectivity index (χ3n) is 2.68. The van der Waals surface area contributed by atoms with Crippen LogP contribution in [-0.4, -0.2) is 24.5 Å². The maximum Gasteiger partial charge on any atom is 0.0948 e. The Morgan fingerprint density at radius 3 is 2.81 bits per heavy atom. The molecule has 1 unspecified atom stereocenters. The smallest absolute Gasteiger partial charge is 0.0948 e. The Morgan fingerprint density at radius 1 is 1.25 bits per heavy atom. The number of hydrogen-bond acceptors (Lipinski definition) is 3. The first-order chi connectivity index (χ1) is 7.90. The van der Waals surface area contributed by atoms with Crippen LogP contribution in [0.25, 0.3) is 0 Å². The minimum Gasteiger partial charge on any atom is -0.334 e. The van der Waals surface area contributed by atoms with Crippen LogP contribution >= 0.6 is 0 Å². The van der Waals surface area contributed by atoms with Crippen molar-refractivity contribution in [1.82, 2.24) is 24.5 Å². The molecule has 0 bridgehead atoms. The molecule has 85 valence electrons. The number of aromatic nitrogens is 5. The van der Waals surface area contributed by atoms with Crippen LogP contribution in [0, 0.1) is 6.92 Å². The van der Waals surface area contributed by atoms with Gasteiger partial charge in [-0.05, 0) is 19.3 Å². The molecule has 0 aromatic carbocycles. The topological polar surface area (TPSA) is 48.5 Å². The lowest BCUT2D eigenvalue weighted by molar-refractivity contribution is 0.424. The summed E-state index contributed by atoms with van der Waals surface area (Å²) in [6.07, 6.45) is 12.3. The molecule has 0 saturated carbocycles. The molecule has 5 heteroatoms. The highest BCUT2D eigenvalue weighted by Crippen LogP contribution is 2.17. The molecule has 0 aliphatic rings. The fourth-order valence-corrected chi connectivity index (χ4v) is 1.77. The van der Waals surface area contributed by atoms with Gasteiger partial charge < -0.3 is 4.57 Å². The van der Waals surface area contributed by atoms with E-state index in [1.807, 2.05) is 23.4 Å². The zero-order chi connectivity index (χ0) is 11.2. The Labute approximate surface area is 95.1 Å². The highest BCUT2D eigenvalue weighted by atomic mass is 15.4. The van der Waals surface area contributed by atoms with Gasteiger partial charge in [-0.1, -0.05) is 12.1 Å². The van der Waals surface area contributed by atoms with Gasteiger partial charge in [-0.15, -0.1) is 5.10 Å². The summed E-state index contributed by atoms with van der Waals surface area (Å²) in [7, 11) is 0. The van der Waals surface area contributed by atoms with Crippen LogP contribution in [0.15, 0.2) is 31.1 Å². The van der Waals surface area contributed by atoms with Crippen molar-refractivity contribution in [2.24, 2.45) is 0 Å². The van der Waals surface area contributed by atoms with Crippen LogP contribution in [-0.2, 0) is 6.54 Å². The number of hydrogen-bond donors (Lipinski definition) is 0. The minimum atomic E-state index is 0.436. The van der Waals surface area contributed by atoms with Crippen molar-refractivity contribution in [2.45, 2.75) is 31.8 Å². The lowest BCUT2D eigenvalue weighted by Gasteiger charge is -2.15. The monoisotopic (exact) mass is 218 g/mol. The summed E-state index contributed by atoms with van der Waals surface area (Å²) in [4.78, 5) is 4.06. The number of rotatable bonds is 6. The largest absolute Gasteiger partial charge is 0.334 e. The Balaban J connectivity index is 1.80. The van der Waals surface area contributed by atoms with Crippen molar-refractivity contribution >= 4 is 0 Å². The van der Waals surface area contributed by atoms with Gasteiger partial charge in [0.05, 0.1) is 12.5 Å². The third-order valence-corrected chi connectivity index (χ3v) is 2.68.